The number of halogens is 2. The summed E-state index contributed by atoms with van der Waals surface area (Å²) in [5, 5.41) is 5.44. The van der Waals surface area contributed by atoms with E-state index >= 15 is 0 Å². The minimum absolute atomic E-state index is 0. The van der Waals surface area contributed by atoms with Gasteiger partial charge in [0.15, 0.2) is 0 Å². The van der Waals surface area contributed by atoms with Crippen LogP contribution >= 0.6 is 24.0 Å². The van der Waals surface area contributed by atoms with Crippen LogP contribution in [-0.2, 0) is 0 Å². The molecule has 0 spiro atoms. The molecule has 0 amide bonds. The quantitative estimate of drug-likeness (QED) is 0.589. The second-order valence-electron chi connectivity index (χ2n) is 5.83. The number of benzene rings is 2. The first-order chi connectivity index (χ1) is 10.5. The molecular weight excluding hydrogens is 327 g/mol. The van der Waals surface area contributed by atoms with Crippen molar-refractivity contribution in [3.8, 4) is 0 Å². The number of hydrogen-bond acceptors (Lipinski definition) is 2. The summed E-state index contributed by atoms with van der Waals surface area (Å²) in [6, 6.07) is 12.4. The summed E-state index contributed by atoms with van der Waals surface area (Å²) in [5.74, 6) is 0. The van der Waals surface area contributed by atoms with Gasteiger partial charge in [-0.15, -0.1) is 12.4 Å². The summed E-state index contributed by atoms with van der Waals surface area (Å²) in [5.41, 5.74) is 7.63. The molecule has 0 atom stereocenters. The lowest BCUT2D eigenvalue weighted by Gasteiger charge is -2.15. The maximum absolute atomic E-state index is 6.23. The molecule has 1 aromatic heterocycles. The second-order valence-corrected chi connectivity index (χ2v) is 6.23. The third kappa shape index (κ3) is 3.44. The third-order valence-electron chi connectivity index (χ3n) is 3.91. The lowest BCUT2D eigenvalue weighted by molar-refractivity contribution is 1.23. The predicted octanol–water partition coefficient (Wildman–Crippen LogP) is 6.29. The van der Waals surface area contributed by atoms with Crippen molar-refractivity contribution in [3.05, 3.63) is 63.8 Å². The summed E-state index contributed by atoms with van der Waals surface area (Å²) in [6.07, 6.45) is 0. The molecular formula is C19H20Cl2N2. The molecule has 2 aromatic carbocycles. The Morgan fingerprint density at radius 1 is 0.957 bits per heavy atom. The number of fused-ring (bicyclic) bond motifs is 1. The van der Waals surface area contributed by atoms with E-state index in [1.54, 1.807) is 0 Å². The van der Waals surface area contributed by atoms with Gasteiger partial charge in [0.25, 0.3) is 0 Å². The topological polar surface area (TPSA) is 24.9 Å². The van der Waals surface area contributed by atoms with Gasteiger partial charge in [-0.2, -0.15) is 0 Å². The Hall–Kier alpha value is -1.77. The SMILES string of the molecule is Cc1cc(C)c2nc(C)cc(Nc3cccc(Cl)c3C)c2c1.Cl. The summed E-state index contributed by atoms with van der Waals surface area (Å²) in [4.78, 5) is 4.69. The van der Waals surface area contributed by atoms with Crippen molar-refractivity contribution in [2.45, 2.75) is 27.7 Å². The predicted molar refractivity (Wildman–Crippen MR) is 103 cm³/mol. The van der Waals surface area contributed by atoms with Gasteiger partial charge in [0.05, 0.1) is 5.52 Å². The third-order valence-corrected chi connectivity index (χ3v) is 4.32. The first-order valence-corrected chi connectivity index (χ1v) is 7.74. The molecule has 0 aliphatic carbocycles. The molecule has 0 saturated heterocycles. The largest absolute Gasteiger partial charge is 0.355 e. The molecule has 0 bridgehead atoms. The number of nitrogens with zero attached hydrogens (tertiary/aromatic N) is 1. The first-order valence-electron chi connectivity index (χ1n) is 7.36. The molecule has 0 fully saturated rings. The molecule has 2 nitrogen and oxygen atoms in total. The van der Waals surface area contributed by atoms with Gasteiger partial charge in [0, 0.05) is 27.5 Å². The fourth-order valence-electron chi connectivity index (χ4n) is 2.80. The first kappa shape index (κ1) is 17.6. The summed E-state index contributed by atoms with van der Waals surface area (Å²) in [6.45, 7) is 8.27. The van der Waals surface area contributed by atoms with Crippen LogP contribution in [0, 0.1) is 27.7 Å². The minimum Gasteiger partial charge on any atom is -0.355 e. The highest BCUT2D eigenvalue weighted by Crippen LogP contribution is 2.32. The van der Waals surface area contributed by atoms with Crippen LogP contribution in [0.4, 0.5) is 11.4 Å². The van der Waals surface area contributed by atoms with Crippen molar-refractivity contribution >= 4 is 46.3 Å². The number of hydrogen-bond donors (Lipinski definition) is 1. The highest BCUT2D eigenvalue weighted by molar-refractivity contribution is 6.31. The molecule has 0 saturated carbocycles. The highest BCUT2D eigenvalue weighted by atomic mass is 35.5. The van der Waals surface area contributed by atoms with E-state index in [-0.39, 0.29) is 12.4 Å². The van der Waals surface area contributed by atoms with E-state index in [0.29, 0.717) is 0 Å². The van der Waals surface area contributed by atoms with Crippen LogP contribution in [0.1, 0.15) is 22.4 Å². The van der Waals surface area contributed by atoms with Crippen molar-refractivity contribution in [1.82, 2.24) is 4.98 Å². The monoisotopic (exact) mass is 346 g/mol. The lowest BCUT2D eigenvalue weighted by atomic mass is 10.0. The Morgan fingerprint density at radius 2 is 1.70 bits per heavy atom. The van der Waals surface area contributed by atoms with Crippen molar-refractivity contribution in [3.63, 3.8) is 0 Å². The molecule has 1 heterocycles. The van der Waals surface area contributed by atoms with Crippen LogP contribution in [0.5, 0.6) is 0 Å². The minimum atomic E-state index is 0. The van der Waals surface area contributed by atoms with E-state index < -0.39 is 0 Å². The van der Waals surface area contributed by atoms with Gasteiger partial charge < -0.3 is 5.32 Å². The Labute approximate surface area is 148 Å². The van der Waals surface area contributed by atoms with Crippen LogP contribution in [0.3, 0.4) is 0 Å². The standard InChI is InChI=1S/C19H19ClN2.ClH/c1-11-8-12(2)19-15(9-11)18(10-13(3)21-19)22-17-7-5-6-16(20)14(17)4;/h5-10H,1-4H3,(H,21,22);1H. The maximum Gasteiger partial charge on any atom is 0.0755 e. The smallest absolute Gasteiger partial charge is 0.0755 e. The molecule has 0 radical (unpaired) electrons. The van der Waals surface area contributed by atoms with E-state index in [2.05, 4.69) is 37.4 Å². The van der Waals surface area contributed by atoms with Gasteiger partial charge in [-0.05, 0) is 63.1 Å². The second kappa shape index (κ2) is 6.77. The van der Waals surface area contributed by atoms with Crippen LogP contribution in [0.2, 0.25) is 5.02 Å². The Balaban J connectivity index is 0.00000192. The average molecular weight is 347 g/mol. The van der Waals surface area contributed by atoms with Gasteiger partial charge in [0.2, 0.25) is 0 Å². The normalized spacial score (nSPS) is 10.5. The van der Waals surface area contributed by atoms with Crippen molar-refractivity contribution in [2.24, 2.45) is 0 Å². The zero-order valence-corrected chi connectivity index (χ0v) is 15.3. The molecule has 3 aromatic rings. The number of anilines is 2. The van der Waals surface area contributed by atoms with Gasteiger partial charge in [-0.3, -0.25) is 4.98 Å². The number of nitrogens with one attached hydrogen (secondary N) is 1. The van der Waals surface area contributed by atoms with E-state index in [0.717, 1.165) is 38.6 Å². The zero-order chi connectivity index (χ0) is 15.9. The number of aromatic nitrogens is 1. The van der Waals surface area contributed by atoms with Gasteiger partial charge in [0.1, 0.15) is 0 Å². The van der Waals surface area contributed by atoms with Crippen LogP contribution in [-0.4, -0.2) is 4.98 Å². The van der Waals surface area contributed by atoms with Crippen LogP contribution in [0.25, 0.3) is 10.9 Å². The number of rotatable bonds is 2. The van der Waals surface area contributed by atoms with E-state index in [4.69, 9.17) is 16.6 Å². The molecule has 23 heavy (non-hydrogen) atoms. The molecule has 120 valence electrons. The van der Waals surface area contributed by atoms with Crippen molar-refractivity contribution < 1.29 is 0 Å². The Bertz CT molecular complexity index is 873. The van der Waals surface area contributed by atoms with E-state index in [1.807, 2.05) is 32.0 Å². The number of pyridine rings is 1. The molecule has 0 aliphatic heterocycles. The average Bonchev–Trinajstić information content (AvgIpc) is 2.45. The molecule has 4 heteroatoms. The van der Waals surface area contributed by atoms with Crippen molar-refractivity contribution in [1.29, 1.82) is 0 Å². The summed E-state index contributed by atoms with van der Waals surface area (Å²) in [7, 11) is 0. The molecule has 0 aliphatic rings. The Kier molecular flexibility index (Phi) is 5.18. The lowest BCUT2D eigenvalue weighted by Crippen LogP contribution is -1.98. The van der Waals surface area contributed by atoms with Gasteiger partial charge >= 0.3 is 0 Å². The van der Waals surface area contributed by atoms with Crippen molar-refractivity contribution in [2.75, 3.05) is 5.32 Å². The fourth-order valence-corrected chi connectivity index (χ4v) is 2.97. The molecule has 3 rings (SSSR count). The summed E-state index contributed by atoms with van der Waals surface area (Å²) >= 11 is 6.23. The van der Waals surface area contributed by atoms with Gasteiger partial charge in [-0.25, -0.2) is 0 Å². The molecule has 1 N–H and O–H groups in total. The number of aryl methyl sites for hydroxylation is 3. The summed E-state index contributed by atoms with van der Waals surface area (Å²) < 4.78 is 0. The van der Waals surface area contributed by atoms with Crippen LogP contribution < -0.4 is 5.32 Å². The van der Waals surface area contributed by atoms with E-state index in [9.17, 15) is 0 Å². The van der Waals surface area contributed by atoms with E-state index in [1.165, 1.54) is 11.1 Å². The zero-order valence-electron chi connectivity index (χ0n) is 13.7. The molecule has 0 unspecified atom stereocenters. The van der Waals surface area contributed by atoms with Gasteiger partial charge in [-0.1, -0.05) is 29.3 Å². The maximum atomic E-state index is 6.23. The fraction of sp³-hybridized carbons (Fsp3) is 0.211. The van der Waals surface area contributed by atoms with Crippen LogP contribution in [0.15, 0.2) is 36.4 Å². The Morgan fingerprint density at radius 3 is 2.43 bits per heavy atom. The highest BCUT2D eigenvalue weighted by Gasteiger charge is 2.09.